The quantitative estimate of drug-likeness (QED) is 0.549. The van der Waals surface area contributed by atoms with Gasteiger partial charge in [0.15, 0.2) is 0 Å². The Labute approximate surface area is 119 Å². The maximum absolute atomic E-state index is 2.48. The number of hydrogen-bond donors (Lipinski definition) is 0. The zero-order valence-electron chi connectivity index (χ0n) is 11.3. The van der Waals surface area contributed by atoms with Gasteiger partial charge in [0.05, 0.1) is 0 Å². The van der Waals surface area contributed by atoms with Gasteiger partial charge in [-0.25, -0.2) is 0 Å². The highest BCUT2D eigenvalue weighted by Gasteiger charge is 2.32. The van der Waals surface area contributed by atoms with Crippen LogP contribution in [0.5, 0.6) is 0 Å². The Morgan fingerprint density at radius 1 is 0.800 bits per heavy atom. The summed E-state index contributed by atoms with van der Waals surface area (Å²) >= 11 is 0. The second-order valence-electron chi connectivity index (χ2n) is 6.21. The molecule has 0 nitrogen and oxygen atoms in total. The van der Waals surface area contributed by atoms with Crippen molar-refractivity contribution in [1.82, 2.24) is 0 Å². The molecule has 0 amide bonds. The third-order valence-electron chi connectivity index (χ3n) is 5.12. The molecule has 20 heavy (non-hydrogen) atoms. The fraction of sp³-hybridized carbons (Fsp3) is 0.200. The highest BCUT2D eigenvalue weighted by atomic mass is 14.4. The number of benzene rings is 2. The van der Waals surface area contributed by atoms with E-state index >= 15 is 0 Å². The molecule has 3 aliphatic rings. The zero-order chi connectivity index (χ0) is 13.1. The lowest BCUT2D eigenvalue weighted by molar-refractivity contribution is 0.630. The highest BCUT2D eigenvalue weighted by Crippen LogP contribution is 2.46. The predicted octanol–water partition coefficient (Wildman–Crippen LogP) is 4.64. The lowest BCUT2D eigenvalue weighted by Crippen LogP contribution is -2.04. The average molecular weight is 256 g/mol. The number of allylic oxidation sites excluding steroid dienone is 4. The molecule has 0 spiro atoms. The van der Waals surface area contributed by atoms with Gasteiger partial charge < -0.3 is 0 Å². The van der Waals surface area contributed by atoms with E-state index in [-0.39, 0.29) is 0 Å². The summed E-state index contributed by atoms with van der Waals surface area (Å²) in [6, 6.07) is 13.8. The van der Waals surface area contributed by atoms with Gasteiger partial charge in [-0.2, -0.15) is 0 Å². The van der Waals surface area contributed by atoms with Gasteiger partial charge in [0, 0.05) is 5.92 Å². The molecule has 0 aliphatic heterocycles. The molecular weight excluding hydrogens is 240 g/mol. The Morgan fingerprint density at radius 3 is 2.70 bits per heavy atom. The summed E-state index contributed by atoms with van der Waals surface area (Å²) in [5.41, 5.74) is 9.07. The van der Waals surface area contributed by atoms with Crippen LogP contribution in [0.15, 0.2) is 60.7 Å². The number of hydrogen-bond acceptors (Lipinski definition) is 0. The van der Waals surface area contributed by atoms with Crippen LogP contribution >= 0.6 is 0 Å². The molecule has 0 heteroatoms. The Morgan fingerprint density at radius 2 is 1.70 bits per heavy atom. The average Bonchev–Trinajstić information content (AvgIpc) is 3.02. The minimum atomic E-state index is 0.605. The van der Waals surface area contributed by atoms with Gasteiger partial charge in [-0.05, 0) is 58.2 Å². The molecule has 0 aromatic heterocycles. The van der Waals surface area contributed by atoms with Crippen molar-refractivity contribution in [3.05, 3.63) is 83.0 Å². The van der Waals surface area contributed by atoms with Crippen LogP contribution < -0.4 is 0 Å². The molecule has 0 heterocycles. The lowest BCUT2D eigenvalue weighted by atomic mass is 9.88. The Balaban J connectivity index is 1.71. The van der Waals surface area contributed by atoms with Crippen LogP contribution in [0.25, 0.3) is 11.1 Å². The maximum Gasteiger partial charge on any atom is 0.00901 e. The Bertz CT molecular complexity index is 777. The van der Waals surface area contributed by atoms with Gasteiger partial charge in [-0.15, -0.1) is 0 Å². The van der Waals surface area contributed by atoms with E-state index in [0.29, 0.717) is 11.8 Å². The van der Waals surface area contributed by atoms with E-state index < -0.39 is 0 Å². The van der Waals surface area contributed by atoms with Crippen LogP contribution in [0, 0.1) is 5.92 Å². The molecule has 5 rings (SSSR count). The van der Waals surface area contributed by atoms with Gasteiger partial charge in [0.2, 0.25) is 0 Å². The molecule has 96 valence electrons. The van der Waals surface area contributed by atoms with Crippen molar-refractivity contribution in [3.63, 3.8) is 0 Å². The van der Waals surface area contributed by atoms with E-state index in [9.17, 15) is 0 Å². The summed E-state index contributed by atoms with van der Waals surface area (Å²) in [6.45, 7) is 0. The second kappa shape index (κ2) is 3.73. The van der Waals surface area contributed by atoms with E-state index in [4.69, 9.17) is 0 Å². The monoisotopic (exact) mass is 256 g/mol. The summed E-state index contributed by atoms with van der Waals surface area (Å²) in [5, 5.41) is 0. The third-order valence-corrected chi connectivity index (χ3v) is 5.12. The minimum Gasteiger partial charge on any atom is -0.0802 e. The molecule has 2 aromatic rings. The van der Waals surface area contributed by atoms with Crippen molar-refractivity contribution in [2.24, 2.45) is 5.92 Å². The van der Waals surface area contributed by atoms with E-state index in [2.05, 4.69) is 60.7 Å². The van der Waals surface area contributed by atoms with Gasteiger partial charge in [-0.3, -0.25) is 0 Å². The third kappa shape index (κ3) is 1.31. The molecule has 0 radical (unpaired) electrons. The summed E-state index contributed by atoms with van der Waals surface area (Å²) in [6.07, 6.45) is 11.5. The standard InChI is InChI=1S/C20H16/c1-3-7-17-13(5-1)9-15-11-16-10-14-6-2-4-8-18(14)20(16)12-19(15)17/h1-8,11-13,17H,9-10H2. The van der Waals surface area contributed by atoms with Crippen LogP contribution in [0.2, 0.25) is 0 Å². The molecular formula is C20H16. The van der Waals surface area contributed by atoms with Gasteiger partial charge >= 0.3 is 0 Å². The summed E-state index contributed by atoms with van der Waals surface area (Å²) < 4.78 is 0. The first-order valence-electron chi connectivity index (χ1n) is 7.49. The first-order valence-corrected chi connectivity index (χ1v) is 7.49. The molecule has 2 unspecified atom stereocenters. The Kier molecular flexibility index (Phi) is 1.99. The highest BCUT2D eigenvalue weighted by molar-refractivity contribution is 5.78. The van der Waals surface area contributed by atoms with Crippen LogP contribution in [0.3, 0.4) is 0 Å². The molecule has 0 N–H and O–H groups in total. The van der Waals surface area contributed by atoms with Crippen LogP contribution in [-0.2, 0) is 12.8 Å². The first-order chi connectivity index (χ1) is 9.90. The van der Waals surface area contributed by atoms with E-state index in [1.807, 2.05) is 0 Å². The number of fused-ring (bicyclic) bond motifs is 6. The van der Waals surface area contributed by atoms with Crippen molar-refractivity contribution in [3.8, 4) is 11.1 Å². The fourth-order valence-corrected chi connectivity index (χ4v) is 4.18. The molecule has 0 fully saturated rings. The molecule has 2 atom stereocenters. The zero-order valence-corrected chi connectivity index (χ0v) is 11.3. The maximum atomic E-state index is 2.48. The van der Waals surface area contributed by atoms with Crippen molar-refractivity contribution in [2.75, 3.05) is 0 Å². The summed E-state index contributed by atoms with van der Waals surface area (Å²) in [5.74, 6) is 1.29. The summed E-state index contributed by atoms with van der Waals surface area (Å²) in [4.78, 5) is 0. The molecule has 0 saturated heterocycles. The smallest absolute Gasteiger partial charge is 0.00901 e. The second-order valence-corrected chi connectivity index (χ2v) is 6.21. The SMILES string of the molecule is C1=CC2Cc3cc4c(cc3C2C=C1)-c1ccccc1C4. The number of rotatable bonds is 0. The molecule has 0 saturated carbocycles. The molecule has 3 aliphatic carbocycles. The van der Waals surface area contributed by atoms with E-state index in [1.165, 1.54) is 28.7 Å². The van der Waals surface area contributed by atoms with Gasteiger partial charge in [0.1, 0.15) is 0 Å². The van der Waals surface area contributed by atoms with Crippen molar-refractivity contribution < 1.29 is 0 Å². The van der Waals surface area contributed by atoms with Crippen molar-refractivity contribution in [1.29, 1.82) is 0 Å². The van der Waals surface area contributed by atoms with Gasteiger partial charge in [-0.1, -0.05) is 54.6 Å². The van der Waals surface area contributed by atoms with Crippen molar-refractivity contribution in [2.45, 2.75) is 18.8 Å². The normalized spacial score (nSPS) is 24.2. The summed E-state index contributed by atoms with van der Waals surface area (Å²) in [7, 11) is 0. The fourth-order valence-electron chi connectivity index (χ4n) is 4.18. The van der Waals surface area contributed by atoms with Crippen LogP contribution in [0.1, 0.15) is 28.2 Å². The Hall–Kier alpha value is -2.08. The van der Waals surface area contributed by atoms with E-state index in [1.54, 1.807) is 11.1 Å². The van der Waals surface area contributed by atoms with Crippen LogP contribution in [0.4, 0.5) is 0 Å². The first kappa shape index (κ1) is 10.7. The van der Waals surface area contributed by atoms with E-state index in [0.717, 1.165) is 6.42 Å². The minimum absolute atomic E-state index is 0.605. The van der Waals surface area contributed by atoms with Crippen molar-refractivity contribution >= 4 is 0 Å². The molecule has 0 bridgehead atoms. The largest absolute Gasteiger partial charge is 0.0802 e. The van der Waals surface area contributed by atoms with Gasteiger partial charge in [0.25, 0.3) is 0 Å². The molecule has 2 aromatic carbocycles. The topological polar surface area (TPSA) is 0 Å². The predicted molar refractivity (Wildman–Crippen MR) is 82.9 cm³/mol. The van der Waals surface area contributed by atoms with Crippen LogP contribution in [-0.4, -0.2) is 0 Å². The lowest BCUT2D eigenvalue weighted by Gasteiger charge is -2.16.